The summed E-state index contributed by atoms with van der Waals surface area (Å²) in [6, 6.07) is 15.4. The quantitative estimate of drug-likeness (QED) is 0.771. The number of hydrogen-bond acceptors (Lipinski definition) is 1. The van der Waals surface area contributed by atoms with Crippen LogP contribution in [0.5, 0.6) is 0 Å². The first kappa shape index (κ1) is 16.6. The van der Waals surface area contributed by atoms with Crippen LogP contribution in [0.25, 0.3) is 0 Å². The smallest absolute Gasteiger partial charge is 0.321 e. The molecule has 0 spiro atoms. The molecule has 0 radical (unpaired) electrons. The molecule has 1 atom stereocenters. The lowest BCUT2D eigenvalue weighted by molar-refractivity contribution is -0.141. The maximum absolute atomic E-state index is 14.1. The summed E-state index contributed by atoms with van der Waals surface area (Å²) >= 11 is 3.30. The lowest BCUT2D eigenvalue weighted by atomic mass is 9.94. The highest BCUT2D eigenvalue weighted by Gasteiger charge is 2.40. The standard InChI is InChI=1S/C17H16BrF2NO/c1-12(13-7-9-14(18)10-8-13)11-17(19,20)16(22)21-15-5-3-2-4-6-15/h2-10,12H,11H2,1H3,(H,21,22). The Hall–Kier alpha value is -1.75. The molecule has 2 aromatic rings. The van der Waals surface area contributed by atoms with Crippen LogP contribution in [0.3, 0.4) is 0 Å². The minimum Gasteiger partial charge on any atom is -0.321 e. The first-order chi connectivity index (χ1) is 10.4. The molecule has 1 N–H and O–H groups in total. The van der Waals surface area contributed by atoms with Crippen LogP contribution in [0.15, 0.2) is 59.1 Å². The number of hydrogen-bond donors (Lipinski definition) is 1. The van der Waals surface area contributed by atoms with Gasteiger partial charge in [0, 0.05) is 16.6 Å². The van der Waals surface area contributed by atoms with Crippen molar-refractivity contribution in [3.63, 3.8) is 0 Å². The van der Waals surface area contributed by atoms with E-state index in [2.05, 4.69) is 21.2 Å². The highest BCUT2D eigenvalue weighted by molar-refractivity contribution is 9.10. The largest absolute Gasteiger partial charge is 0.325 e. The molecule has 1 unspecified atom stereocenters. The first-order valence-corrected chi connectivity index (χ1v) is 7.67. The van der Waals surface area contributed by atoms with Gasteiger partial charge in [0.1, 0.15) is 0 Å². The van der Waals surface area contributed by atoms with Gasteiger partial charge >= 0.3 is 5.92 Å². The van der Waals surface area contributed by atoms with E-state index in [1.807, 2.05) is 0 Å². The van der Waals surface area contributed by atoms with Gasteiger partial charge in [-0.3, -0.25) is 4.79 Å². The number of alkyl halides is 2. The predicted molar refractivity (Wildman–Crippen MR) is 87.2 cm³/mol. The van der Waals surface area contributed by atoms with Gasteiger partial charge in [-0.25, -0.2) is 0 Å². The molecule has 0 bridgehead atoms. The van der Waals surface area contributed by atoms with Crippen molar-refractivity contribution in [1.29, 1.82) is 0 Å². The van der Waals surface area contributed by atoms with Gasteiger partial charge in [-0.2, -0.15) is 8.78 Å². The molecule has 2 rings (SSSR count). The van der Waals surface area contributed by atoms with Crippen molar-refractivity contribution in [1.82, 2.24) is 0 Å². The predicted octanol–water partition coefficient (Wildman–Crippen LogP) is 5.22. The third kappa shape index (κ3) is 4.37. The Morgan fingerprint density at radius 3 is 2.32 bits per heavy atom. The summed E-state index contributed by atoms with van der Waals surface area (Å²) < 4.78 is 29.1. The molecule has 0 saturated carbocycles. The fraction of sp³-hybridized carbons (Fsp3) is 0.235. The number of anilines is 1. The highest BCUT2D eigenvalue weighted by atomic mass is 79.9. The average molecular weight is 368 g/mol. The average Bonchev–Trinajstić information content (AvgIpc) is 2.48. The van der Waals surface area contributed by atoms with E-state index in [1.165, 1.54) is 0 Å². The molecule has 0 heterocycles. The van der Waals surface area contributed by atoms with Gasteiger partial charge < -0.3 is 5.32 Å². The number of para-hydroxylation sites is 1. The zero-order valence-corrected chi connectivity index (χ0v) is 13.6. The summed E-state index contributed by atoms with van der Waals surface area (Å²) in [5, 5.41) is 2.25. The van der Waals surface area contributed by atoms with E-state index >= 15 is 0 Å². The SMILES string of the molecule is CC(CC(F)(F)C(=O)Nc1ccccc1)c1ccc(Br)cc1. The first-order valence-electron chi connectivity index (χ1n) is 6.88. The Kier molecular flexibility index (Phi) is 5.29. The molecule has 0 fully saturated rings. The highest BCUT2D eigenvalue weighted by Crippen LogP contribution is 2.31. The molecule has 116 valence electrons. The number of benzene rings is 2. The van der Waals surface area contributed by atoms with Crippen molar-refractivity contribution in [3.05, 3.63) is 64.6 Å². The second-order valence-electron chi connectivity index (χ2n) is 5.18. The minimum atomic E-state index is -3.43. The molecule has 22 heavy (non-hydrogen) atoms. The zero-order chi connectivity index (χ0) is 16.2. The monoisotopic (exact) mass is 367 g/mol. The maximum atomic E-state index is 14.1. The third-order valence-corrected chi connectivity index (χ3v) is 3.89. The molecule has 0 aliphatic rings. The fourth-order valence-electron chi connectivity index (χ4n) is 2.13. The van der Waals surface area contributed by atoms with Crippen LogP contribution in [0.4, 0.5) is 14.5 Å². The summed E-state index contributed by atoms with van der Waals surface area (Å²) in [5.41, 5.74) is 1.14. The van der Waals surface area contributed by atoms with Gasteiger partial charge in [0.05, 0.1) is 0 Å². The molecule has 0 aliphatic heterocycles. The molecule has 0 aliphatic carbocycles. The number of nitrogens with one attached hydrogen (secondary N) is 1. The van der Waals surface area contributed by atoms with Gasteiger partial charge in [-0.05, 0) is 35.7 Å². The Labute approximate surface area is 136 Å². The zero-order valence-electron chi connectivity index (χ0n) is 12.0. The topological polar surface area (TPSA) is 29.1 Å². The Bertz CT molecular complexity index is 629. The summed E-state index contributed by atoms with van der Waals surface area (Å²) in [5.74, 6) is -5.13. The summed E-state index contributed by atoms with van der Waals surface area (Å²) in [7, 11) is 0. The second-order valence-corrected chi connectivity index (χ2v) is 6.10. The lowest BCUT2D eigenvalue weighted by Gasteiger charge is -2.20. The number of carbonyl (C=O) groups excluding carboxylic acids is 1. The van der Waals surface area contributed by atoms with Crippen LogP contribution in [-0.4, -0.2) is 11.8 Å². The van der Waals surface area contributed by atoms with Crippen molar-refractivity contribution >= 4 is 27.5 Å². The Balaban J connectivity index is 2.03. The number of rotatable bonds is 5. The normalized spacial score (nSPS) is 12.7. The molecular formula is C17H16BrF2NO. The van der Waals surface area contributed by atoms with Crippen LogP contribution in [0.1, 0.15) is 24.8 Å². The van der Waals surface area contributed by atoms with Crippen molar-refractivity contribution in [3.8, 4) is 0 Å². The third-order valence-electron chi connectivity index (χ3n) is 3.37. The van der Waals surface area contributed by atoms with E-state index < -0.39 is 24.2 Å². The molecule has 2 nitrogen and oxygen atoms in total. The van der Waals surface area contributed by atoms with Crippen LogP contribution < -0.4 is 5.32 Å². The van der Waals surface area contributed by atoms with Crippen LogP contribution in [-0.2, 0) is 4.79 Å². The van der Waals surface area contributed by atoms with Crippen molar-refractivity contribution in [2.75, 3.05) is 5.32 Å². The summed E-state index contributed by atoms with van der Waals surface area (Å²) in [6.07, 6.45) is -0.534. The van der Waals surface area contributed by atoms with Gasteiger partial charge in [0.25, 0.3) is 5.91 Å². The van der Waals surface area contributed by atoms with Crippen molar-refractivity contribution in [2.24, 2.45) is 0 Å². The molecule has 0 aromatic heterocycles. The van der Waals surface area contributed by atoms with E-state index in [4.69, 9.17) is 0 Å². The van der Waals surface area contributed by atoms with Crippen molar-refractivity contribution < 1.29 is 13.6 Å². The number of amides is 1. The van der Waals surface area contributed by atoms with E-state index in [-0.39, 0.29) is 0 Å². The number of carbonyl (C=O) groups is 1. The van der Waals surface area contributed by atoms with Crippen LogP contribution in [0.2, 0.25) is 0 Å². The Morgan fingerprint density at radius 2 is 1.73 bits per heavy atom. The van der Waals surface area contributed by atoms with Gasteiger partial charge in [-0.15, -0.1) is 0 Å². The van der Waals surface area contributed by atoms with E-state index in [9.17, 15) is 13.6 Å². The molecule has 0 saturated heterocycles. The molecule has 2 aromatic carbocycles. The molecule has 1 amide bonds. The van der Waals surface area contributed by atoms with E-state index in [0.29, 0.717) is 5.69 Å². The molecular weight excluding hydrogens is 352 g/mol. The minimum absolute atomic E-state index is 0.364. The van der Waals surface area contributed by atoms with Gasteiger partial charge in [0.2, 0.25) is 0 Å². The number of halogens is 3. The van der Waals surface area contributed by atoms with Crippen LogP contribution >= 0.6 is 15.9 Å². The Morgan fingerprint density at radius 1 is 1.14 bits per heavy atom. The van der Waals surface area contributed by atoms with Crippen LogP contribution in [0, 0.1) is 0 Å². The van der Waals surface area contributed by atoms with Gasteiger partial charge in [-0.1, -0.05) is 53.2 Å². The summed E-state index contributed by atoms with van der Waals surface area (Å²) in [4.78, 5) is 11.8. The summed E-state index contributed by atoms with van der Waals surface area (Å²) in [6.45, 7) is 1.69. The fourth-order valence-corrected chi connectivity index (χ4v) is 2.39. The van der Waals surface area contributed by atoms with E-state index in [0.717, 1.165) is 10.0 Å². The lowest BCUT2D eigenvalue weighted by Crippen LogP contribution is -2.35. The van der Waals surface area contributed by atoms with Crippen molar-refractivity contribution in [2.45, 2.75) is 25.2 Å². The van der Waals surface area contributed by atoms with Gasteiger partial charge in [0.15, 0.2) is 0 Å². The maximum Gasteiger partial charge on any atom is 0.325 e. The van der Waals surface area contributed by atoms with E-state index in [1.54, 1.807) is 61.5 Å². The molecule has 5 heteroatoms. The second kappa shape index (κ2) is 7.01.